The van der Waals surface area contributed by atoms with Crippen molar-refractivity contribution in [3.63, 3.8) is 0 Å². The van der Waals surface area contributed by atoms with Gasteiger partial charge in [0.2, 0.25) is 5.91 Å². The summed E-state index contributed by atoms with van der Waals surface area (Å²) in [4.78, 5) is 30.4. The van der Waals surface area contributed by atoms with Gasteiger partial charge in [0.25, 0.3) is 5.91 Å². The third kappa shape index (κ3) is 3.83. The second-order valence-corrected chi connectivity index (χ2v) is 9.29. The van der Waals surface area contributed by atoms with Crippen molar-refractivity contribution in [3.05, 3.63) is 41.7 Å². The summed E-state index contributed by atoms with van der Waals surface area (Å²) >= 11 is 0. The number of rotatable bonds is 5. The fraction of sp³-hybridized carbons (Fsp3) is 0.609. The quantitative estimate of drug-likeness (QED) is 0.739. The average Bonchev–Trinajstić information content (AvgIpc) is 3.30. The Bertz CT molecular complexity index is 928. The van der Waals surface area contributed by atoms with Gasteiger partial charge >= 0.3 is 0 Å². The van der Waals surface area contributed by atoms with E-state index in [1.165, 1.54) is 0 Å². The maximum atomic E-state index is 13.4. The Labute approximate surface area is 182 Å². The molecule has 1 aromatic heterocycles. The van der Waals surface area contributed by atoms with Gasteiger partial charge in [-0.25, -0.2) is 4.68 Å². The number of hydrogen-bond acceptors (Lipinski definition) is 5. The fourth-order valence-electron chi connectivity index (χ4n) is 5.98. The van der Waals surface area contributed by atoms with Gasteiger partial charge in [-0.3, -0.25) is 9.59 Å². The normalized spacial score (nSPS) is 27.8. The molecule has 5 rings (SSSR count). The molecule has 1 aromatic carbocycles. The monoisotopic (exact) mass is 422 g/mol. The molecule has 3 fully saturated rings. The first kappa shape index (κ1) is 20.2. The molecule has 2 bridgehead atoms. The lowest BCUT2D eigenvalue weighted by atomic mass is 9.71. The Morgan fingerprint density at radius 1 is 1.16 bits per heavy atom. The topological polar surface area (TPSA) is 84.2 Å². The maximum Gasteiger partial charge on any atom is 0.253 e. The van der Waals surface area contributed by atoms with Crippen LogP contribution >= 0.6 is 0 Å². The molecule has 2 amide bonds. The zero-order valence-corrected chi connectivity index (χ0v) is 18.1. The molecule has 0 N–H and O–H groups in total. The molecule has 0 radical (unpaired) electrons. The number of piperidine rings is 3. The standard InChI is InChI=1S/C23H30N6O2/c1-2-4-20-18-11-19(21-5-3-6-22(30)29(20)21)14-27(13-18)23(31)17-9-7-16(8-10-17)12-28-15-24-25-26-28/h7-10,15,18-21H,2-6,11-14H2,1H3/t18-,19+,20-,21-/m0/s1. The molecule has 3 saturated heterocycles. The lowest BCUT2D eigenvalue weighted by Gasteiger charge is -2.56. The summed E-state index contributed by atoms with van der Waals surface area (Å²) in [5.41, 5.74) is 1.78. The number of fused-ring (bicyclic) bond motifs is 4. The molecule has 4 heterocycles. The number of benzene rings is 1. The number of tetrazole rings is 1. The van der Waals surface area contributed by atoms with Crippen LogP contribution in [0.25, 0.3) is 0 Å². The van der Waals surface area contributed by atoms with E-state index in [0.717, 1.165) is 56.3 Å². The van der Waals surface area contributed by atoms with Crippen LogP contribution in [0, 0.1) is 11.8 Å². The molecule has 0 aliphatic carbocycles. The van der Waals surface area contributed by atoms with Gasteiger partial charge in [-0.2, -0.15) is 0 Å². The van der Waals surface area contributed by atoms with Crippen LogP contribution < -0.4 is 0 Å². The molecule has 0 spiro atoms. The molecule has 3 aliphatic heterocycles. The Balaban J connectivity index is 1.32. The van der Waals surface area contributed by atoms with E-state index in [1.807, 2.05) is 29.2 Å². The van der Waals surface area contributed by atoms with E-state index in [-0.39, 0.29) is 11.9 Å². The van der Waals surface area contributed by atoms with E-state index in [1.54, 1.807) is 11.0 Å². The van der Waals surface area contributed by atoms with Crippen molar-refractivity contribution in [1.29, 1.82) is 0 Å². The number of aromatic nitrogens is 4. The highest BCUT2D eigenvalue weighted by atomic mass is 16.2. The molecule has 8 heteroatoms. The summed E-state index contributed by atoms with van der Waals surface area (Å²) in [5, 5.41) is 11.2. The van der Waals surface area contributed by atoms with Gasteiger partial charge < -0.3 is 9.80 Å². The molecule has 3 aliphatic rings. The molecule has 31 heavy (non-hydrogen) atoms. The molecular formula is C23H30N6O2. The highest BCUT2D eigenvalue weighted by Gasteiger charge is 2.49. The van der Waals surface area contributed by atoms with Gasteiger partial charge in [0.05, 0.1) is 6.54 Å². The molecule has 0 unspecified atom stereocenters. The molecule has 4 atom stereocenters. The second kappa shape index (κ2) is 8.40. The first-order chi connectivity index (χ1) is 15.1. The van der Waals surface area contributed by atoms with Gasteiger partial charge in [0.1, 0.15) is 6.33 Å². The Kier molecular flexibility index (Phi) is 5.46. The summed E-state index contributed by atoms with van der Waals surface area (Å²) in [5.74, 6) is 1.23. The minimum atomic E-state index is 0.106. The molecule has 8 nitrogen and oxygen atoms in total. The van der Waals surface area contributed by atoms with Gasteiger partial charge in [-0.15, -0.1) is 5.10 Å². The number of carbonyl (C=O) groups excluding carboxylic acids is 2. The van der Waals surface area contributed by atoms with Crippen LogP contribution in [0.5, 0.6) is 0 Å². The first-order valence-corrected chi connectivity index (χ1v) is 11.5. The van der Waals surface area contributed by atoms with Crippen LogP contribution in [0.3, 0.4) is 0 Å². The van der Waals surface area contributed by atoms with E-state index in [9.17, 15) is 9.59 Å². The van der Waals surface area contributed by atoms with E-state index in [2.05, 4.69) is 27.3 Å². The highest BCUT2D eigenvalue weighted by Crippen LogP contribution is 2.43. The van der Waals surface area contributed by atoms with Crippen molar-refractivity contribution in [2.75, 3.05) is 13.1 Å². The van der Waals surface area contributed by atoms with Crippen LogP contribution in [-0.4, -0.2) is 67.0 Å². The largest absolute Gasteiger partial charge is 0.338 e. The number of likely N-dealkylation sites (tertiary alicyclic amines) is 1. The summed E-state index contributed by atoms with van der Waals surface area (Å²) in [6.45, 7) is 4.29. The Morgan fingerprint density at radius 3 is 2.71 bits per heavy atom. The summed E-state index contributed by atoms with van der Waals surface area (Å²) < 4.78 is 1.66. The summed E-state index contributed by atoms with van der Waals surface area (Å²) in [7, 11) is 0. The van der Waals surface area contributed by atoms with Gasteiger partial charge in [0.15, 0.2) is 0 Å². The van der Waals surface area contributed by atoms with Crippen molar-refractivity contribution < 1.29 is 9.59 Å². The SMILES string of the molecule is CCC[C@H]1[C@H]2C[C@H](CN(C(=O)c3ccc(Cn4cnnn4)cc3)C2)[C@@H]2CCCC(=O)N21. The highest BCUT2D eigenvalue weighted by molar-refractivity contribution is 5.94. The van der Waals surface area contributed by atoms with Crippen molar-refractivity contribution in [2.45, 2.75) is 64.1 Å². The van der Waals surface area contributed by atoms with E-state index in [0.29, 0.717) is 36.8 Å². The third-order valence-corrected chi connectivity index (χ3v) is 7.31. The molecule has 164 valence electrons. The van der Waals surface area contributed by atoms with Crippen LogP contribution in [0.2, 0.25) is 0 Å². The minimum Gasteiger partial charge on any atom is -0.338 e. The van der Waals surface area contributed by atoms with Gasteiger partial charge in [0, 0.05) is 37.2 Å². The lowest BCUT2D eigenvalue weighted by molar-refractivity contribution is -0.152. The van der Waals surface area contributed by atoms with Gasteiger partial charge in [-0.1, -0.05) is 25.5 Å². The number of amides is 2. The Morgan fingerprint density at radius 2 is 1.97 bits per heavy atom. The van der Waals surface area contributed by atoms with Crippen LogP contribution in [-0.2, 0) is 11.3 Å². The average molecular weight is 423 g/mol. The van der Waals surface area contributed by atoms with E-state index in [4.69, 9.17) is 0 Å². The van der Waals surface area contributed by atoms with E-state index < -0.39 is 0 Å². The molecule has 2 aromatic rings. The molecular weight excluding hydrogens is 392 g/mol. The van der Waals surface area contributed by atoms with Gasteiger partial charge in [-0.05, 0) is 65.6 Å². The van der Waals surface area contributed by atoms with Crippen molar-refractivity contribution >= 4 is 11.8 Å². The maximum absolute atomic E-state index is 13.4. The summed E-state index contributed by atoms with van der Waals surface area (Å²) in [6, 6.07) is 8.36. The van der Waals surface area contributed by atoms with Crippen LogP contribution in [0.1, 0.15) is 61.4 Å². The lowest BCUT2D eigenvalue weighted by Crippen LogP contribution is -2.65. The van der Waals surface area contributed by atoms with E-state index >= 15 is 0 Å². The fourth-order valence-corrected chi connectivity index (χ4v) is 5.98. The number of nitrogens with zero attached hydrogens (tertiary/aromatic N) is 6. The predicted molar refractivity (Wildman–Crippen MR) is 114 cm³/mol. The number of carbonyl (C=O) groups is 2. The minimum absolute atomic E-state index is 0.106. The predicted octanol–water partition coefficient (Wildman–Crippen LogP) is 2.36. The van der Waals surface area contributed by atoms with Crippen LogP contribution in [0.4, 0.5) is 0 Å². The first-order valence-electron chi connectivity index (χ1n) is 11.5. The van der Waals surface area contributed by atoms with Crippen LogP contribution in [0.15, 0.2) is 30.6 Å². The molecule has 0 saturated carbocycles. The number of hydrogen-bond donors (Lipinski definition) is 0. The zero-order valence-electron chi connectivity index (χ0n) is 18.1. The Hall–Kier alpha value is -2.77. The van der Waals surface area contributed by atoms with Crippen molar-refractivity contribution in [1.82, 2.24) is 30.0 Å². The smallest absolute Gasteiger partial charge is 0.253 e. The van der Waals surface area contributed by atoms with Crippen molar-refractivity contribution in [3.8, 4) is 0 Å². The zero-order chi connectivity index (χ0) is 21.4. The third-order valence-electron chi connectivity index (χ3n) is 7.31. The second-order valence-electron chi connectivity index (χ2n) is 9.29. The summed E-state index contributed by atoms with van der Waals surface area (Å²) in [6.07, 6.45) is 7.58. The van der Waals surface area contributed by atoms with Crippen molar-refractivity contribution in [2.24, 2.45) is 11.8 Å².